The molecule has 10 heteroatoms. The Bertz CT molecular complexity index is 1710. The van der Waals surface area contributed by atoms with Crippen LogP contribution in [-0.2, 0) is 24.3 Å². The Labute approximate surface area is 243 Å². The number of hydrogen-bond acceptors (Lipinski definition) is 7. The molecule has 0 saturated carbocycles. The van der Waals surface area contributed by atoms with E-state index in [1.807, 2.05) is 34.9 Å². The SMILES string of the molecule is COc1ccc2c(ccn2CCCNC(=O)[C@@H]2Cc3cc(N([O-])O)ccc3N3CC4CC(Cn5c4cccc5=O)[C@@H]23)c1. The van der Waals surface area contributed by atoms with Gasteiger partial charge in [0.2, 0.25) is 5.91 Å². The number of aryl methyl sites for hydroxylation is 1. The van der Waals surface area contributed by atoms with Crippen LogP contribution >= 0.6 is 0 Å². The van der Waals surface area contributed by atoms with Gasteiger partial charge in [0.15, 0.2) is 0 Å². The van der Waals surface area contributed by atoms with Gasteiger partial charge in [-0.1, -0.05) is 6.07 Å². The molecule has 218 valence electrons. The zero-order valence-electron chi connectivity index (χ0n) is 23.5. The highest BCUT2D eigenvalue weighted by Gasteiger charge is 2.49. The molecule has 2 bridgehead atoms. The summed E-state index contributed by atoms with van der Waals surface area (Å²) >= 11 is 0. The third-order valence-corrected chi connectivity index (χ3v) is 9.40. The van der Waals surface area contributed by atoms with E-state index in [1.54, 1.807) is 25.3 Å². The molecule has 2 aromatic heterocycles. The summed E-state index contributed by atoms with van der Waals surface area (Å²) in [5.41, 5.74) is 4.19. The lowest BCUT2D eigenvalue weighted by molar-refractivity contribution is -0.126. The summed E-state index contributed by atoms with van der Waals surface area (Å²) in [5.74, 6) is 0.768. The monoisotopic (exact) mass is 568 g/mol. The number of aromatic nitrogens is 2. The first-order chi connectivity index (χ1) is 20.4. The van der Waals surface area contributed by atoms with Gasteiger partial charge in [0.1, 0.15) is 5.75 Å². The maximum atomic E-state index is 13.9. The number of carbonyl (C=O) groups is 1. The van der Waals surface area contributed by atoms with E-state index in [4.69, 9.17) is 4.74 Å². The van der Waals surface area contributed by atoms with Crippen LogP contribution in [0.5, 0.6) is 5.75 Å². The predicted octanol–water partition coefficient (Wildman–Crippen LogP) is 3.88. The number of piperidine rings is 1. The molecule has 0 aliphatic carbocycles. The molecular formula is C32H34N5O5-. The lowest BCUT2D eigenvalue weighted by Crippen LogP contribution is -2.61. The average molecular weight is 569 g/mol. The summed E-state index contributed by atoms with van der Waals surface area (Å²) < 4.78 is 9.41. The number of amides is 1. The van der Waals surface area contributed by atoms with E-state index in [2.05, 4.69) is 33.1 Å². The van der Waals surface area contributed by atoms with Crippen molar-refractivity contribution in [1.29, 1.82) is 0 Å². The highest BCUT2D eigenvalue weighted by Crippen LogP contribution is 2.47. The summed E-state index contributed by atoms with van der Waals surface area (Å²) in [5, 5.41) is 25.4. The van der Waals surface area contributed by atoms with E-state index < -0.39 is 0 Å². The number of anilines is 2. The summed E-state index contributed by atoms with van der Waals surface area (Å²) in [6, 6.07) is 18.7. The fraction of sp³-hybridized carbons (Fsp3) is 0.375. The first-order valence-corrected chi connectivity index (χ1v) is 14.6. The largest absolute Gasteiger partial charge is 0.733 e. The molecule has 42 heavy (non-hydrogen) atoms. The van der Waals surface area contributed by atoms with Gasteiger partial charge in [-0.3, -0.25) is 14.8 Å². The molecule has 1 amide bonds. The highest BCUT2D eigenvalue weighted by molar-refractivity contribution is 5.83. The Morgan fingerprint density at radius 2 is 2.02 bits per heavy atom. The van der Waals surface area contributed by atoms with Gasteiger partial charge in [0.25, 0.3) is 5.56 Å². The Morgan fingerprint density at radius 1 is 1.14 bits per heavy atom. The number of fused-ring (bicyclic) bond motifs is 9. The second-order valence-corrected chi connectivity index (χ2v) is 11.7. The van der Waals surface area contributed by atoms with Crippen molar-refractivity contribution in [3.63, 3.8) is 0 Å². The third-order valence-electron chi connectivity index (χ3n) is 9.40. The Morgan fingerprint density at radius 3 is 2.86 bits per heavy atom. The van der Waals surface area contributed by atoms with E-state index in [0.717, 1.165) is 53.0 Å². The molecule has 3 aliphatic rings. The van der Waals surface area contributed by atoms with E-state index in [9.17, 15) is 20.0 Å². The molecule has 0 radical (unpaired) electrons. The fourth-order valence-corrected chi connectivity index (χ4v) is 7.55. The van der Waals surface area contributed by atoms with Gasteiger partial charge in [-0.2, -0.15) is 0 Å². The number of rotatable bonds is 7. The average Bonchev–Trinajstić information content (AvgIpc) is 3.41. The molecule has 2 aromatic carbocycles. The molecule has 0 spiro atoms. The summed E-state index contributed by atoms with van der Waals surface area (Å²) in [7, 11) is 1.66. The van der Waals surface area contributed by atoms with Crippen molar-refractivity contribution in [3.8, 4) is 5.75 Å². The summed E-state index contributed by atoms with van der Waals surface area (Å²) in [4.78, 5) is 28.9. The van der Waals surface area contributed by atoms with E-state index in [-0.39, 0.29) is 46.2 Å². The van der Waals surface area contributed by atoms with Crippen molar-refractivity contribution in [3.05, 3.63) is 93.7 Å². The highest BCUT2D eigenvalue weighted by atomic mass is 16.8. The lowest BCUT2D eigenvalue weighted by atomic mass is 9.70. The van der Waals surface area contributed by atoms with E-state index >= 15 is 0 Å². The van der Waals surface area contributed by atoms with Crippen LogP contribution in [0.25, 0.3) is 10.9 Å². The van der Waals surface area contributed by atoms with Gasteiger partial charge in [0.05, 0.1) is 18.7 Å². The number of methoxy groups -OCH3 is 1. The fourth-order valence-electron chi connectivity index (χ4n) is 7.55. The van der Waals surface area contributed by atoms with Crippen LogP contribution < -0.4 is 25.7 Å². The molecule has 2 N–H and O–H groups in total. The predicted molar refractivity (Wildman–Crippen MR) is 160 cm³/mol. The lowest BCUT2D eigenvalue weighted by Gasteiger charge is -2.54. The molecule has 3 aliphatic heterocycles. The summed E-state index contributed by atoms with van der Waals surface area (Å²) in [6.45, 7) is 2.57. The molecule has 7 rings (SSSR count). The normalized spacial score (nSPS) is 22.2. The van der Waals surface area contributed by atoms with Crippen molar-refractivity contribution < 1.29 is 14.7 Å². The number of ether oxygens (including phenoxy) is 1. The van der Waals surface area contributed by atoms with Crippen LogP contribution in [0.3, 0.4) is 0 Å². The topological polar surface area (TPSA) is 115 Å². The van der Waals surface area contributed by atoms with E-state index in [1.165, 1.54) is 0 Å². The van der Waals surface area contributed by atoms with Gasteiger partial charge in [0, 0.05) is 72.7 Å². The number of nitrogens with one attached hydrogen (secondary N) is 1. The summed E-state index contributed by atoms with van der Waals surface area (Å²) in [6.07, 6.45) is 4.22. The maximum Gasteiger partial charge on any atom is 0.250 e. The first kappa shape index (κ1) is 26.6. The molecular weight excluding hydrogens is 534 g/mol. The first-order valence-electron chi connectivity index (χ1n) is 14.6. The van der Waals surface area contributed by atoms with Crippen molar-refractivity contribution in [2.24, 2.45) is 11.8 Å². The number of nitrogens with zero attached hydrogens (tertiary/aromatic N) is 4. The molecule has 5 heterocycles. The van der Waals surface area contributed by atoms with Gasteiger partial charge in [-0.15, -0.1) is 0 Å². The maximum absolute atomic E-state index is 13.9. The van der Waals surface area contributed by atoms with E-state index in [0.29, 0.717) is 26.1 Å². The second kappa shape index (κ2) is 10.5. The molecule has 4 aromatic rings. The van der Waals surface area contributed by atoms with Crippen molar-refractivity contribution in [2.45, 2.75) is 44.3 Å². The Hall–Kier alpha value is -4.28. The van der Waals surface area contributed by atoms with Crippen molar-refractivity contribution in [1.82, 2.24) is 14.5 Å². The zero-order valence-corrected chi connectivity index (χ0v) is 23.5. The molecule has 2 unspecified atom stereocenters. The van der Waals surface area contributed by atoms with Gasteiger partial charge in [-0.25, -0.2) is 0 Å². The van der Waals surface area contributed by atoms with Crippen molar-refractivity contribution in [2.75, 3.05) is 30.3 Å². The zero-order chi connectivity index (χ0) is 29.0. The molecule has 10 nitrogen and oxygen atoms in total. The molecule has 4 atom stereocenters. The minimum absolute atomic E-state index is 0.00645. The van der Waals surface area contributed by atoms with Crippen LogP contribution in [0.1, 0.15) is 30.0 Å². The van der Waals surface area contributed by atoms with Gasteiger partial charge in [-0.05, 0) is 79.3 Å². The number of carbonyl (C=O) groups excluding carboxylic acids is 1. The smallest absolute Gasteiger partial charge is 0.250 e. The minimum atomic E-state index is -0.349. The Kier molecular flexibility index (Phi) is 6.67. The number of pyridine rings is 1. The van der Waals surface area contributed by atoms with Crippen molar-refractivity contribution >= 4 is 28.2 Å². The quantitative estimate of drug-likeness (QED) is 0.257. The third kappa shape index (κ3) is 4.51. The van der Waals surface area contributed by atoms with Gasteiger partial charge >= 0.3 is 0 Å². The molecule has 1 saturated heterocycles. The number of hydrogen-bond donors (Lipinski definition) is 2. The Balaban J connectivity index is 1.12. The van der Waals surface area contributed by atoms with Crippen LogP contribution in [0.2, 0.25) is 0 Å². The number of benzene rings is 2. The van der Waals surface area contributed by atoms with Crippen LogP contribution in [-0.4, -0.2) is 46.5 Å². The van der Waals surface area contributed by atoms with Crippen LogP contribution in [0.15, 0.2) is 71.7 Å². The second-order valence-electron chi connectivity index (χ2n) is 11.7. The molecule has 1 fully saturated rings. The standard InChI is InChI=1S/C32H34N5O5/c1-42-25-7-9-27-20(16-25)10-13-34(27)12-3-11-33-32(39)26-17-21-15-24(37(40)41)6-8-29(21)36-18-22-14-23(31(26)36)19-35-28(22)4-2-5-30(35)38/h2,4-10,13,15-16,22-23,26,31,40H,3,11-12,14,17-19H2,1H3,(H,33,39)/q-1/t22?,23?,26-,31+/m1/s1. The van der Waals surface area contributed by atoms with Crippen LogP contribution in [0, 0.1) is 17.0 Å². The van der Waals surface area contributed by atoms with Crippen LogP contribution in [0.4, 0.5) is 11.4 Å². The van der Waals surface area contributed by atoms with Gasteiger partial charge < -0.3 is 34.5 Å². The minimum Gasteiger partial charge on any atom is -0.733 e.